The van der Waals surface area contributed by atoms with E-state index in [0.717, 1.165) is 30.4 Å². The van der Waals surface area contributed by atoms with Crippen LogP contribution in [0.15, 0.2) is 22.7 Å². The van der Waals surface area contributed by atoms with Crippen LogP contribution in [0, 0.1) is 0 Å². The van der Waals surface area contributed by atoms with Crippen molar-refractivity contribution in [3.8, 4) is 0 Å². The van der Waals surface area contributed by atoms with Crippen LogP contribution < -0.4 is 10.2 Å². The fourth-order valence-electron chi connectivity index (χ4n) is 2.42. The molecule has 0 aromatic heterocycles. The molecule has 1 aliphatic heterocycles. The van der Waals surface area contributed by atoms with Gasteiger partial charge in [0.2, 0.25) is 0 Å². The van der Waals surface area contributed by atoms with Gasteiger partial charge >= 0.3 is 0 Å². The Labute approximate surface area is 117 Å². The third kappa shape index (κ3) is 3.05. The maximum atomic E-state index is 9.60. The first-order valence-corrected chi connectivity index (χ1v) is 7.31. The summed E-state index contributed by atoms with van der Waals surface area (Å²) < 4.78 is 1.11. The Morgan fingerprint density at radius 2 is 2.06 bits per heavy atom. The van der Waals surface area contributed by atoms with Crippen LogP contribution in [0.5, 0.6) is 0 Å². The molecular weight excluding hydrogens is 292 g/mol. The second kappa shape index (κ2) is 6.04. The maximum Gasteiger partial charge on any atom is 0.0574 e. The molecule has 2 N–H and O–H groups in total. The third-order valence-corrected chi connectivity index (χ3v) is 4.19. The zero-order valence-corrected chi connectivity index (χ0v) is 12.6. The first kappa shape index (κ1) is 13.8. The molecule has 1 saturated heterocycles. The largest absolute Gasteiger partial charge is 0.393 e. The normalized spacial score (nSPS) is 19.0. The number of nitrogens with zero attached hydrogens (tertiary/aromatic N) is 1. The molecule has 4 heteroatoms. The van der Waals surface area contributed by atoms with Crippen LogP contribution in [-0.4, -0.2) is 31.3 Å². The second-order valence-electron chi connectivity index (χ2n) is 4.93. The molecule has 1 atom stereocenters. The number of nitrogens with one attached hydrogen (secondary N) is 1. The van der Waals surface area contributed by atoms with Gasteiger partial charge in [-0.05, 0) is 50.6 Å². The highest BCUT2D eigenvalue weighted by atomic mass is 79.9. The Morgan fingerprint density at radius 1 is 1.39 bits per heavy atom. The molecule has 3 nitrogen and oxygen atoms in total. The van der Waals surface area contributed by atoms with E-state index in [9.17, 15) is 5.11 Å². The number of rotatable bonds is 3. The second-order valence-corrected chi connectivity index (χ2v) is 5.85. The summed E-state index contributed by atoms with van der Waals surface area (Å²) in [6.45, 7) is 4.04. The molecule has 0 radical (unpaired) electrons. The molecule has 0 amide bonds. The first-order valence-electron chi connectivity index (χ1n) is 6.51. The van der Waals surface area contributed by atoms with E-state index in [-0.39, 0.29) is 6.10 Å². The van der Waals surface area contributed by atoms with Crippen molar-refractivity contribution >= 4 is 21.6 Å². The smallest absolute Gasteiger partial charge is 0.0574 e. The fourth-order valence-corrected chi connectivity index (χ4v) is 2.80. The maximum absolute atomic E-state index is 9.60. The van der Waals surface area contributed by atoms with Gasteiger partial charge < -0.3 is 15.3 Å². The minimum absolute atomic E-state index is 0.123. The van der Waals surface area contributed by atoms with Crippen molar-refractivity contribution in [1.29, 1.82) is 0 Å². The van der Waals surface area contributed by atoms with E-state index in [2.05, 4.69) is 51.3 Å². The average Bonchev–Trinajstić information content (AvgIpc) is 2.39. The molecule has 1 fully saturated rings. The third-order valence-electron chi connectivity index (χ3n) is 3.69. The van der Waals surface area contributed by atoms with Gasteiger partial charge in [-0.2, -0.15) is 0 Å². The summed E-state index contributed by atoms with van der Waals surface area (Å²) in [7, 11) is 1.98. The molecule has 100 valence electrons. The summed E-state index contributed by atoms with van der Waals surface area (Å²) in [6.07, 6.45) is 1.61. The predicted octanol–water partition coefficient (Wildman–Crippen LogP) is 2.69. The quantitative estimate of drug-likeness (QED) is 0.901. The highest BCUT2D eigenvalue weighted by molar-refractivity contribution is 9.10. The van der Waals surface area contributed by atoms with E-state index >= 15 is 0 Å². The van der Waals surface area contributed by atoms with Gasteiger partial charge in [0.25, 0.3) is 0 Å². The van der Waals surface area contributed by atoms with Crippen LogP contribution in [0.2, 0.25) is 0 Å². The van der Waals surface area contributed by atoms with E-state index in [1.165, 1.54) is 11.3 Å². The zero-order valence-electron chi connectivity index (χ0n) is 11.0. The minimum atomic E-state index is -0.123. The molecule has 2 rings (SSSR count). The Morgan fingerprint density at radius 3 is 2.67 bits per heavy atom. The lowest BCUT2D eigenvalue weighted by Crippen LogP contribution is -2.36. The SMILES string of the molecule is CNC(C)c1cc(Br)ccc1N1CCC(O)CC1. The highest BCUT2D eigenvalue weighted by Crippen LogP contribution is 2.31. The van der Waals surface area contributed by atoms with Crippen LogP contribution in [0.1, 0.15) is 31.4 Å². The number of piperidine rings is 1. The van der Waals surface area contributed by atoms with Gasteiger partial charge in [-0.3, -0.25) is 0 Å². The number of hydrogen-bond acceptors (Lipinski definition) is 3. The molecule has 0 aliphatic carbocycles. The number of aliphatic hydroxyl groups is 1. The van der Waals surface area contributed by atoms with Crippen LogP contribution >= 0.6 is 15.9 Å². The Kier molecular flexibility index (Phi) is 4.65. The Balaban J connectivity index is 2.26. The molecule has 1 aromatic carbocycles. The predicted molar refractivity (Wildman–Crippen MR) is 79.1 cm³/mol. The topological polar surface area (TPSA) is 35.5 Å². The van der Waals surface area contributed by atoms with Crippen molar-refractivity contribution in [2.24, 2.45) is 0 Å². The van der Waals surface area contributed by atoms with Gasteiger partial charge in [-0.25, -0.2) is 0 Å². The van der Waals surface area contributed by atoms with Crippen molar-refractivity contribution in [3.63, 3.8) is 0 Å². The summed E-state index contributed by atoms with van der Waals surface area (Å²) in [5, 5.41) is 12.9. The highest BCUT2D eigenvalue weighted by Gasteiger charge is 2.20. The lowest BCUT2D eigenvalue weighted by molar-refractivity contribution is 0.145. The van der Waals surface area contributed by atoms with Crippen molar-refractivity contribution in [2.45, 2.75) is 31.9 Å². The number of hydrogen-bond donors (Lipinski definition) is 2. The standard InChI is InChI=1S/C14H21BrN2O/c1-10(16-2)13-9-11(15)3-4-14(13)17-7-5-12(18)6-8-17/h3-4,9-10,12,16,18H,5-8H2,1-2H3. The molecule has 18 heavy (non-hydrogen) atoms. The van der Waals surface area contributed by atoms with Crippen molar-refractivity contribution in [2.75, 3.05) is 25.0 Å². The van der Waals surface area contributed by atoms with E-state index < -0.39 is 0 Å². The summed E-state index contributed by atoms with van der Waals surface area (Å²) in [5.74, 6) is 0. The number of halogens is 1. The van der Waals surface area contributed by atoms with Gasteiger partial charge in [0, 0.05) is 29.3 Å². The van der Waals surface area contributed by atoms with E-state index in [4.69, 9.17) is 0 Å². The summed E-state index contributed by atoms with van der Waals surface area (Å²) in [4.78, 5) is 2.38. The molecule has 0 bridgehead atoms. The van der Waals surface area contributed by atoms with Gasteiger partial charge in [0.05, 0.1) is 6.10 Å². The Bertz CT molecular complexity index is 403. The molecule has 0 saturated carbocycles. The zero-order chi connectivity index (χ0) is 13.1. The minimum Gasteiger partial charge on any atom is -0.393 e. The summed E-state index contributed by atoms with van der Waals surface area (Å²) >= 11 is 3.54. The lowest BCUT2D eigenvalue weighted by atomic mass is 10.0. The van der Waals surface area contributed by atoms with E-state index in [1.807, 2.05) is 7.05 Å². The summed E-state index contributed by atoms with van der Waals surface area (Å²) in [6, 6.07) is 6.77. The number of aliphatic hydroxyl groups excluding tert-OH is 1. The van der Waals surface area contributed by atoms with Crippen LogP contribution in [0.3, 0.4) is 0 Å². The lowest BCUT2D eigenvalue weighted by Gasteiger charge is -2.34. The van der Waals surface area contributed by atoms with Crippen molar-refractivity contribution in [1.82, 2.24) is 5.32 Å². The molecule has 1 aromatic rings. The van der Waals surface area contributed by atoms with Crippen molar-refractivity contribution in [3.05, 3.63) is 28.2 Å². The molecular formula is C14H21BrN2O. The molecule has 1 unspecified atom stereocenters. The van der Waals surface area contributed by atoms with Gasteiger partial charge in [-0.15, -0.1) is 0 Å². The van der Waals surface area contributed by atoms with Gasteiger partial charge in [0.15, 0.2) is 0 Å². The van der Waals surface area contributed by atoms with E-state index in [1.54, 1.807) is 0 Å². The monoisotopic (exact) mass is 312 g/mol. The molecule has 0 spiro atoms. The van der Waals surface area contributed by atoms with Crippen LogP contribution in [-0.2, 0) is 0 Å². The van der Waals surface area contributed by atoms with Crippen LogP contribution in [0.4, 0.5) is 5.69 Å². The Hall–Kier alpha value is -0.580. The number of benzene rings is 1. The molecule has 1 heterocycles. The first-order chi connectivity index (χ1) is 8.61. The number of anilines is 1. The van der Waals surface area contributed by atoms with Gasteiger partial charge in [0.1, 0.15) is 0 Å². The van der Waals surface area contributed by atoms with Crippen molar-refractivity contribution < 1.29 is 5.11 Å². The van der Waals surface area contributed by atoms with Gasteiger partial charge in [-0.1, -0.05) is 15.9 Å². The summed E-state index contributed by atoms with van der Waals surface area (Å²) in [5.41, 5.74) is 2.59. The van der Waals surface area contributed by atoms with E-state index in [0.29, 0.717) is 6.04 Å². The van der Waals surface area contributed by atoms with Crippen LogP contribution in [0.25, 0.3) is 0 Å². The molecule has 1 aliphatic rings. The average molecular weight is 313 g/mol. The fraction of sp³-hybridized carbons (Fsp3) is 0.571.